The smallest absolute Gasteiger partial charge is 0.263 e. The number of benzene rings is 1. The minimum atomic E-state index is -0.156. The third kappa shape index (κ3) is 3.50. The van der Waals surface area contributed by atoms with Crippen molar-refractivity contribution in [3.05, 3.63) is 75.2 Å². The molecule has 0 radical (unpaired) electrons. The van der Waals surface area contributed by atoms with Crippen molar-refractivity contribution in [3.63, 3.8) is 0 Å². The van der Waals surface area contributed by atoms with E-state index in [4.69, 9.17) is 0 Å². The molecule has 3 aromatic heterocycles. The number of nitrogens with zero attached hydrogens (tertiary/aromatic N) is 3. The van der Waals surface area contributed by atoms with E-state index in [0.29, 0.717) is 4.88 Å². The molecule has 0 spiro atoms. The number of nitrogens with one attached hydrogen (secondary N) is 1. The molecule has 4 rings (SSSR count). The minimum Gasteiger partial charge on any atom is -0.345 e. The summed E-state index contributed by atoms with van der Waals surface area (Å²) in [7, 11) is 0. The Balaban J connectivity index is 1.54. The number of hydrogen-bond donors (Lipinski definition) is 1. The van der Waals surface area contributed by atoms with E-state index >= 15 is 0 Å². The van der Waals surface area contributed by atoms with E-state index in [1.807, 2.05) is 78.8 Å². The molecule has 7 heteroatoms. The lowest BCUT2D eigenvalue weighted by Gasteiger charge is -2.14. The number of thiophene rings is 1. The second kappa shape index (κ2) is 7.69. The van der Waals surface area contributed by atoms with Crippen molar-refractivity contribution >= 4 is 28.6 Å². The van der Waals surface area contributed by atoms with Crippen LogP contribution in [0.2, 0.25) is 0 Å². The molecule has 0 saturated carbocycles. The van der Waals surface area contributed by atoms with Crippen molar-refractivity contribution in [1.82, 2.24) is 20.1 Å². The average Bonchev–Trinajstić information content (AvgIpc) is 3.42. The van der Waals surface area contributed by atoms with Crippen LogP contribution < -0.4 is 5.32 Å². The van der Waals surface area contributed by atoms with Crippen LogP contribution in [0, 0.1) is 13.8 Å². The van der Waals surface area contributed by atoms with Crippen LogP contribution in [0.15, 0.2) is 53.4 Å². The Bertz CT molecular complexity index is 1100. The average molecular weight is 409 g/mol. The Morgan fingerprint density at radius 1 is 1.18 bits per heavy atom. The fraction of sp³-hybridized carbons (Fsp3) is 0.190. The lowest BCUT2D eigenvalue weighted by molar-refractivity contribution is 0.0943. The molecule has 1 N–H and O–H groups in total. The van der Waals surface area contributed by atoms with Crippen LogP contribution in [-0.2, 0) is 0 Å². The first-order valence-electron chi connectivity index (χ1n) is 8.95. The normalized spacial score (nSPS) is 12.1. The van der Waals surface area contributed by atoms with Gasteiger partial charge >= 0.3 is 0 Å². The van der Waals surface area contributed by atoms with E-state index < -0.39 is 0 Å². The zero-order valence-corrected chi connectivity index (χ0v) is 17.5. The fourth-order valence-electron chi connectivity index (χ4n) is 3.13. The summed E-state index contributed by atoms with van der Waals surface area (Å²) in [5.41, 5.74) is 4.83. The molecule has 3 heterocycles. The topological polar surface area (TPSA) is 59.8 Å². The molecule has 1 amide bonds. The Morgan fingerprint density at radius 3 is 2.68 bits per heavy atom. The molecule has 1 unspecified atom stereocenters. The monoisotopic (exact) mass is 408 g/mol. The molecule has 142 valence electrons. The van der Waals surface area contributed by atoms with Gasteiger partial charge in [-0.3, -0.25) is 4.79 Å². The quantitative estimate of drug-likeness (QED) is 0.496. The van der Waals surface area contributed by atoms with Gasteiger partial charge in [-0.25, -0.2) is 9.67 Å². The maximum absolute atomic E-state index is 12.9. The summed E-state index contributed by atoms with van der Waals surface area (Å²) in [5.74, 6) is -0.101. The third-order valence-corrected chi connectivity index (χ3v) is 6.52. The van der Waals surface area contributed by atoms with Crippen molar-refractivity contribution in [3.8, 4) is 16.3 Å². The van der Waals surface area contributed by atoms with E-state index in [0.717, 1.165) is 33.2 Å². The van der Waals surface area contributed by atoms with Gasteiger partial charge in [-0.2, -0.15) is 16.4 Å². The van der Waals surface area contributed by atoms with Gasteiger partial charge in [-0.1, -0.05) is 18.2 Å². The molecule has 0 saturated heterocycles. The predicted molar refractivity (Wildman–Crippen MR) is 114 cm³/mol. The molecule has 1 atom stereocenters. The van der Waals surface area contributed by atoms with Gasteiger partial charge in [-0.15, -0.1) is 11.3 Å². The number of para-hydroxylation sites is 1. The van der Waals surface area contributed by atoms with Crippen LogP contribution in [0.5, 0.6) is 0 Å². The van der Waals surface area contributed by atoms with Crippen LogP contribution in [0.3, 0.4) is 0 Å². The Hall–Kier alpha value is -2.77. The van der Waals surface area contributed by atoms with Crippen molar-refractivity contribution in [2.24, 2.45) is 0 Å². The summed E-state index contributed by atoms with van der Waals surface area (Å²) in [5, 5.41) is 12.5. The van der Waals surface area contributed by atoms with E-state index in [1.54, 1.807) is 11.3 Å². The van der Waals surface area contributed by atoms with Gasteiger partial charge in [0.1, 0.15) is 9.88 Å². The van der Waals surface area contributed by atoms with Gasteiger partial charge in [0.05, 0.1) is 23.6 Å². The third-order valence-electron chi connectivity index (χ3n) is 4.63. The highest BCUT2D eigenvalue weighted by Crippen LogP contribution is 2.30. The number of carbonyl (C=O) groups is 1. The number of amides is 1. The minimum absolute atomic E-state index is 0.101. The first-order chi connectivity index (χ1) is 13.5. The predicted octanol–water partition coefficient (Wildman–Crippen LogP) is 5.17. The summed E-state index contributed by atoms with van der Waals surface area (Å²) in [6.45, 7) is 5.88. The highest BCUT2D eigenvalue weighted by atomic mass is 32.1. The van der Waals surface area contributed by atoms with Gasteiger partial charge in [0.15, 0.2) is 0 Å². The summed E-state index contributed by atoms with van der Waals surface area (Å²) in [4.78, 5) is 18.1. The van der Waals surface area contributed by atoms with Crippen LogP contribution >= 0.6 is 22.7 Å². The van der Waals surface area contributed by atoms with Gasteiger partial charge in [-0.05, 0) is 44.4 Å². The lowest BCUT2D eigenvalue weighted by Crippen LogP contribution is -2.26. The van der Waals surface area contributed by atoms with E-state index in [-0.39, 0.29) is 11.9 Å². The lowest BCUT2D eigenvalue weighted by atomic mass is 10.1. The van der Waals surface area contributed by atoms with Crippen LogP contribution in [0.4, 0.5) is 0 Å². The number of aromatic nitrogens is 3. The SMILES string of the molecule is Cc1nc(-c2ccsc2)sc1C(=O)NC(C)c1cnn(-c2ccccc2)c1C. The second-order valence-corrected chi connectivity index (χ2v) is 8.35. The Kier molecular flexibility index (Phi) is 5.11. The second-order valence-electron chi connectivity index (χ2n) is 6.57. The zero-order valence-electron chi connectivity index (χ0n) is 15.8. The molecule has 0 aliphatic carbocycles. The fourth-order valence-corrected chi connectivity index (χ4v) is 4.81. The Morgan fingerprint density at radius 2 is 1.96 bits per heavy atom. The van der Waals surface area contributed by atoms with Crippen molar-refractivity contribution < 1.29 is 4.79 Å². The van der Waals surface area contributed by atoms with Crippen LogP contribution in [0.1, 0.15) is 39.6 Å². The number of rotatable bonds is 5. The number of hydrogen-bond acceptors (Lipinski definition) is 5. The molecule has 0 bridgehead atoms. The molecule has 5 nitrogen and oxygen atoms in total. The van der Waals surface area contributed by atoms with Crippen molar-refractivity contribution in [1.29, 1.82) is 0 Å². The highest BCUT2D eigenvalue weighted by molar-refractivity contribution is 7.17. The maximum atomic E-state index is 12.9. The number of aryl methyl sites for hydroxylation is 1. The van der Waals surface area contributed by atoms with Crippen LogP contribution in [0.25, 0.3) is 16.3 Å². The van der Waals surface area contributed by atoms with E-state index in [9.17, 15) is 4.79 Å². The standard InChI is InChI=1S/C21H20N4OS2/c1-13(18-11-22-25(15(18)3)17-7-5-4-6-8-17)23-20(26)19-14(2)24-21(28-19)16-9-10-27-12-16/h4-13H,1-3H3,(H,23,26). The van der Waals surface area contributed by atoms with Gasteiger partial charge in [0.2, 0.25) is 0 Å². The first-order valence-corrected chi connectivity index (χ1v) is 10.7. The van der Waals surface area contributed by atoms with E-state index in [2.05, 4.69) is 15.4 Å². The molecule has 0 fully saturated rings. The maximum Gasteiger partial charge on any atom is 0.263 e. The number of thiazole rings is 1. The molecular formula is C21H20N4OS2. The molecule has 0 aliphatic heterocycles. The van der Waals surface area contributed by atoms with E-state index in [1.165, 1.54) is 11.3 Å². The summed E-state index contributed by atoms with van der Waals surface area (Å²) in [6.07, 6.45) is 1.82. The largest absolute Gasteiger partial charge is 0.345 e. The molecular weight excluding hydrogens is 388 g/mol. The Labute approximate surface area is 171 Å². The van der Waals surface area contributed by atoms with Gasteiger partial charge < -0.3 is 5.32 Å². The molecule has 1 aromatic carbocycles. The van der Waals surface area contributed by atoms with Crippen LogP contribution in [-0.4, -0.2) is 20.7 Å². The van der Waals surface area contributed by atoms with Gasteiger partial charge in [0, 0.05) is 22.2 Å². The molecule has 4 aromatic rings. The summed E-state index contributed by atoms with van der Waals surface area (Å²) >= 11 is 3.06. The number of carbonyl (C=O) groups excluding carboxylic acids is 1. The zero-order chi connectivity index (χ0) is 19.7. The molecule has 0 aliphatic rings. The van der Waals surface area contributed by atoms with Crippen molar-refractivity contribution in [2.75, 3.05) is 0 Å². The highest BCUT2D eigenvalue weighted by Gasteiger charge is 2.21. The van der Waals surface area contributed by atoms with Gasteiger partial charge in [0.25, 0.3) is 5.91 Å². The first kappa shape index (κ1) is 18.6. The van der Waals surface area contributed by atoms with Crippen molar-refractivity contribution in [2.45, 2.75) is 26.8 Å². The summed E-state index contributed by atoms with van der Waals surface area (Å²) in [6, 6.07) is 11.8. The summed E-state index contributed by atoms with van der Waals surface area (Å²) < 4.78 is 1.89. The molecule has 28 heavy (non-hydrogen) atoms.